The topological polar surface area (TPSA) is 86.6 Å². The lowest BCUT2D eigenvalue weighted by Crippen LogP contribution is -2.50. The summed E-state index contributed by atoms with van der Waals surface area (Å²) >= 11 is 0. The van der Waals surface area contributed by atoms with Crippen molar-refractivity contribution in [3.63, 3.8) is 0 Å². The van der Waals surface area contributed by atoms with E-state index < -0.39 is 24.0 Å². The molecule has 0 aromatic heterocycles. The third-order valence-corrected chi connectivity index (χ3v) is 5.67. The number of hydrogen-bond donors (Lipinski definition) is 3. The number of aliphatic hydroxyl groups excluding tert-OH is 1. The van der Waals surface area contributed by atoms with Gasteiger partial charge in [-0.25, -0.2) is 4.79 Å². The Kier molecular flexibility index (Phi) is 10.8. The molecule has 0 spiro atoms. The Bertz CT molecular complexity index is 590. The Labute approximate surface area is 184 Å². The van der Waals surface area contributed by atoms with Crippen LogP contribution < -0.4 is 5.32 Å². The average molecular weight is 426 g/mol. The summed E-state index contributed by atoms with van der Waals surface area (Å²) in [6, 6.07) is -1.27. The lowest BCUT2D eigenvalue weighted by molar-refractivity contribution is -0.145. The predicted octanol–water partition coefficient (Wildman–Crippen LogP) is 5.57. The second-order valence-electron chi connectivity index (χ2n) is 11.5. The standard InChI is InChI=1S/C25H47NO4/c1-10-12-24(8,17-22(3,4)5)15-14-23(6,7)18-25(9,13-11-2)21(30)26-19(16-27)20(28)29/h14-15,19,27H,10-13,16-18H2,1-9H3,(H,26,30)(H,28,29). The minimum atomic E-state index is -1.27. The molecular weight excluding hydrogens is 378 g/mol. The van der Waals surface area contributed by atoms with Gasteiger partial charge in [-0.05, 0) is 41.9 Å². The SMILES string of the molecule is CCCC(C)(C=CC(C)(C)CC(C)(CCC)C(=O)NC(CO)C(=O)O)CC(C)(C)C. The molecule has 5 nitrogen and oxygen atoms in total. The molecule has 30 heavy (non-hydrogen) atoms. The van der Waals surface area contributed by atoms with Gasteiger partial charge in [-0.15, -0.1) is 0 Å². The molecule has 176 valence electrons. The molecule has 0 bridgehead atoms. The van der Waals surface area contributed by atoms with E-state index >= 15 is 0 Å². The predicted molar refractivity (Wildman–Crippen MR) is 124 cm³/mol. The summed E-state index contributed by atoms with van der Waals surface area (Å²) in [7, 11) is 0. The Morgan fingerprint density at radius 2 is 1.43 bits per heavy atom. The molecule has 0 fully saturated rings. The molecule has 0 aromatic rings. The number of carboxylic acid groups (broad SMARTS) is 1. The Morgan fingerprint density at radius 1 is 0.900 bits per heavy atom. The van der Waals surface area contributed by atoms with Crippen LogP contribution in [-0.4, -0.2) is 34.7 Å². The molecule has 0 saturated heterocycles. The number of amides is 1. The number of hydrogen-bond acceptors (Lipinski definition) is 3. The van der Waals surface area contributed by atoms with Crippen LogP contribution in [0.5, 0.6) is 0 Å². The van der Waals surface area contributed by atoms with Gasteiger partial charge in [0.05, 0.1) is 6.61 Å². The molecule has 0 rings (SSSR count). The molecule has 0 aliphatic carbocycles. The third-order valence-electron chi connectivity index (χ3n) is 5.67. The highest BCUT2D eigenvalue weighted by Crippen LogP contribution is 2.42. The molecule has 3 N–H and O–H groups in total. The highest BCUT2D eigenvalue weighted by atomic mass is 16.4. The molecule has 0 aliphatic rings. The van der Waals surface area contributed by atoms with E-state index in [1.807, 2.05) is 13.8 Å². The van der Waals surface area contributed by atoms with Crippen molar-refractivity contribution in [1.82, 2.24) is 5.32 Å². The van der Waals surface area contributed by atoms with Crippen molar-refractivity contribution in [1.29, 1.82) is 0 Å². The zero-order chi connectivity index (χ0) is 23.8. The Morgan fingerprint density at radius 3 is 1.83 bits per heavy atom. The van der Waals surface area contributed by atoms with E-state index in [1.165, 1.54) is 0 Å². The maximum atomic E-state index is 13.0. The van der Waals surface area contributed by atoms with Crippen LogP contribution >= 0.6 is 0 Å². The van der Waals surface area contributed by atoms with Crippen LogP contribution in [0.25, 0.3) is 0 Å². The van der Waals surface area contributed by atoms with Gasteiger partial charge >= 0.3 is 5.97 Å². The van der Waals surface area contributed by atoms with Crippen LogP contribution in [0.3, 0.4) is 0 Å². The molecule has 3 unspecified atom stereocenters. The van der Waals surface area contributed by atoms with Gasteiger partial charge in [0.15, 0.2) is 0 Å². The molecule has 0 aliphatic heterocycles. The van der Waals surface area contributed by atoms with E-state index in [0.717, 1.165) is 25.7 Å². The van der Waals surface area contributed by atoms with E-state index in [2.05, 4.69) is 65.9 Å². The molecule has 0 radical (unpaired) electrons. The van der Waals surface area contributed by atoms with Gasteiger partial charge in [-0.2, -0.15) is 0 Å². The maximum Gasteiger partial charge on any atom is 0.328 e. The molecule has 0 saturated carbocycles. The number of carboxylic acids is 1. The van der Waals surface area contributed by atoms with Gasteiger partial charge in [0.2, 0.25) is 5.91 Å². The minimum Gasteiger partial charge on any atom is -0.480 e. The normalized spacial score (nSPS) is 17.9. The Balaban J connectivity index is 5.64. The van der Waals surface area contributed by atoms with Crippen LogP contribution in [0.4, 0.5) is 0 Å². The summed E-state index contributed by atoms with van der Waals surface area (Å²) in [4.78, 5) is 24.2. The number of aliphatic hydroxyl groups is 1. The highest BCUT2D eigenvalue weighted by Gasteiger charge is 2.39. The fourth-order valence-electron chi connectivity index (χ4n) is 4.86. The third kappa shape index (κ3) is 10.1. The fraction of sp³-hybridized carbons (Fsp3) is 0.840. The second kappa shape index (κ2) is 11.3. The van der Waals surface area contributed by atoms with Crippen molar-refractivity contribution in [3.8, 4) is 0 Å². The molecular formula is C25H47NO4. The van der Waals surface area contributed by atoms with Gasteiger partial charge in [-0.1, -0.05) is 87.3 Å². The summed E-state index contributed by atoms with van der Waals surface area (Å²) < 4.78 is 0. The van der Waals surface area contributed by atoms with Crippen molar-refractivity contribution in [2.24, 2.45) is 21.7 Å². The van der Waals surface area contributed by atoms with Crippen molar-refractivity contribution < 1.29 is 19.8 Å². The largest absolute Gasteiger partial charge is 0.480 e. The van der Waals surface area contributed by atoms with Crippen LogP contribution in [0.15, 0.2) is 12.2 Å². The lowest BCUT2D eigenvalue weighted by atomic mass is 9.68. The molecule has 3 atom stereocenters. The molecule has 0 heterocycles. The first-order chi connectivity index (χ1) is 13.5. The van der Waals surface area contributed by atoms with Gasteiger partial charge in [0.1, 0.15) is 6.04 Å². The van der Waals surface area contributed by atoms with Crippen molar-refractivity contribution >= 4 is 11.9 Å². The van der Waals surface area contributed by atoms with E-state index in [9.17, 15) is 19.8 Å². The van der Waals surface area contributed by atoms with Gasteiger partial charge in [0, 0.05) is 5.41 Å². The van der Waals surface area contributed by atoms with Gasteiger partial charge in [0.25, 0.3) is 0 Å². The zero-order valence-electron chi connectivity index (χ0n) is 20.9. The summed E-state index contributed by atoms with van der Waals surface area (Å²) in [6.07, 6.45) is 9.97. The summed E-state index contributed by atoms with van der Waals surface area (Å²) in [5.41, 5.74) is -0.618. The average Bonchev–Trinajstić information content (AvgIpc) is 2.56. The van der Waals surface area contributed by atoms with Gasteiger partial charge < -0.3 is 15.5 Å². The van der Waals surface area contributed by atoms with E-state index in [4.69, 9.17) is 0 Å². The first-order valence-electron chi connectivity index (χ1n) is 11.4. The van der Waals surface area contributed by atoms with E-state index in [1.54, 1.807) is 0 Å². The van der Waals surface area contributed by atoms with Crippen molar-refractivity contribution in [2.45, 2.75) is 107 Å². The second-order valence-corrected chi connectivity index (χ2v) is 11.5. The summed E-state index contributed by atoms with van der Waals surface area (Å²) in [5.74, 6) is -1.53. The quantitative estimate of drug-likeness (QED) is 0.337. The number of rotatable bonds is 13. The van der Waals surface area contributed by atoms with Crippen LogP contribution in [0.2, 0.25) is 0 Å². The van der Waals surface area contributed by atoms with Crippen LogP contribution in [0, 0.1) is 21.7 Å². The first kappa shape index (κ1) is 28.6. The summed E-state index contributed by atoms with van der Waals surface area (Å²) in [6.45, 7) is 18.9. The van der Waals surface area contributed by atoms with Crippen LogP contribution in [-0.2, 0) is 9.59 Å². The number of carbonyl (C=O) groups excluding carboxylic acids is 1. The zero-order valence-corrected chi connectivity index (χ0v) is 20.9. The van der Waals surface area contributed by atoms with E-state index in [-0.39, 0.29) is 22.2 Å². The summed E-state index contributed by atoms with van der Waals surface area (Å²) in [5, 5.41) is 21.0. The van der Waals surface area contributed by atoms with Crippen molar-refractivity contribution in [3.05, 3.63) is 12.2 Å². The number of aliphatic carboxylic acids is 1. The smallest absolute Gasteiger partial charge is 0.328 e. The minimum absolute atomic E-state index is 0.0962. The van der Waals surface area contributed by atoms with Gasteiger partial charge in [-0.3, -0.25) is 4.79 Å². The molecule has 1 amide bonds. The van der Waals surface area contributed by atoms with E-state index in [0.29, 0.717) is 12.8 Å². The number of nitrogens with one attached hydrogen (secondary N) is 1. The highest BCUT2D eigenvalue weighted by molar-refractivity contribution is 5.87. The fourth-order valence-corrected chi connectivity index (χ4v) is 4.86. The molecule has 0 aromatic carbocycles. The number of carbonyl (C=O) groups is 2. The number of allylic oxidation sites excluding steroid dienone is 2. The molecule has 5 heteroatoms. The van der Waals surface area contributed by atoms with Crippen molar-refractivity contribution in [2.75, 3.05) is 6.61 Å². The van der Waals surface area contributed by atoms with Crippen LogP contribution in [0.1, 0.15) is 101 Å². The maximum absolute atomic E-state index is 13.0. The first-order valence-corrected chi connectivity index (χ1v) is 11.4. The lowest BCUT2D eigenvalue weighted by Gasteiger charge is -2.37. The Hall–Kier alpha value is -1.36. The monoisotopic (exact) mass is 425 g/mol.